The summed E-state index contributed by atoms with van der Waals surface area (Å²) in [6, 6.07) is 5.17. The van der Waals surface area contributed by atoms with E-state index < -0.39 is 0 Å². The molecule has 0 radical (unpaired) electrons. The van der Waals surface area contributed by atoms with Gasteiger partial charge in [-0.15, -0.1) is 11.3 Å². The van der Waals surface area contributed by atoms with Gasteiger partial charge in [-0.05, 0) is 96.9 Å². The van der Waals surface area contributed by atoms with E-state index in [1.807, 2.05) is 0 Å². The Balaban J connectivity index is 1.67. The zero-order valence-corrected chi connectivity index (χ0v) is 22.3. The van der Waals surface area contributed by atoms with E-state index in [0.29, 0.717) is 45.5 Å². The van der Waals surface area contributed by atoms with Crippen LogP contribution in [0.4, 0.5) is 5.00 Å². The van der Waals surface area contributed by atoms with Gasteiger partial charge in [0.25, 0.3) is 5.91 Å². The Labute approximate surface area is 212 Å². The third kappa shape index (κ3) is 6.77. The predicted octanol–water partition coefficient (Wildman–Crippen LogP) is 6.12. The van der Waals surface area contributed by atoms with E-state index in [2.05, 4.69) is 40.4 Å². The van der Waals surface area contributed by atoms with E-state index in [0.717, 1.165) is 37.7 Å². The highest BCUT2D eigenvalue weighted by Gasteiger charge is 2.27. The largest absolute Gasteiger partial charge is 0.492 e. The molecule has 6 nitrogen and oxygen atoms in total. The number of hydrogen-bond donors (Lipinski definition) is 2. The number of nitrogens with one attached hydrogen (secondary N) is 2. The Morgan fingerprint density at radius 1 is 1.24 bits per heavy atom. The van der Waals surface area contributed by atoms with Gasteiger partial charge in [-0.25, -0.2) is 4.79 Å². The van der Waals surface area contributed by atoms with Gasteiger partial charge in [-0.1, -0.05) is 13.8 Å². The number of anilines is 1. The van der Waals surface area contributed by atoms with Crippen molar-refractivity contribution in [1.82, 2.24) is 5.32 Å². The topological polar surface area (TPSA) is 76.7 Å². The standard InChI is InChI=1S/C24H29BrN2O4S2/c1-4-30-23(29)20-16-7-5-6-8-19(16)33-22(20)27-24(32)26-21(28)15-9-10-18(17(25)13-15)31-12-11-14(2)3/h9-10,13-14H,4-8,11-12H2,1-3H3,(H2,26,27,28,32). The lowest BCUT2D eigenvalue weighted by Gasteiger charge is -2.13. The van der Waals surface area contributed by atoms with Crippen LogP contribution in [0.25, 0.3) is 0 Å². The van der Waals surface area contributed by atoms with Crippen molar-refractivity contribution in [3.8, 4) is 5.75 Å². The molecule has 0 unspecified atom stereocenters. The van der Waals surface area contributed by atoms with E-state index in [4.69, 9.17) is 21.7 Å². The van der Waals surface area contributed by atoms with Crippen LogP contribution in [-0.4, -0.2) is 30.2 Å². The maximum atomic E-state index is 12.7. The van der Waals surface area contributed by atoms with Gasteiger partial charge in [0.15, 0.2) is 5.11 Å². The SMILES string of the molecule is CCOC(=O)c1c(NC(=S)NC(=O)c2ccc(OCCC(C)C)c(Br)c2)sc2c1CCCC2. The normalized spacial score (nSPS) is 12.8. The minimum atomic E-state index is -0.356. The summed E-state index contributed by atoms with van der Waals surface area (Å²) in [5, 5.41) is 6.52. The van der Waals surface area contributed by atoms with Gasteiger partial charge in [0, 0.05) is 10.4 Å². The number of rotatable bonds is 8. The number of thiophene rings is 1. The molecule has 0 aliphatic heterocycles. The summed E-state index contributed by atoms with van der Waals surface area (Å²) in [4.78, 5) is 26.5. The number of fused-ring (bicyclic) bond motifs is 1. The lowest BCUT2D eigenvalue weighted by Crippen LogP contribution is -2.34. The van der Waals surface area contributed by atoms with Crippen LogP contribution >= 0.6 is 39.5 Å². The lowest BCUT2D eigenvalue weighted by molar-refractivity contribution is 0.0526. The fourth-order valence-electron chi connectivity index (χ4n) is 3.55. The molecule has 1 aliphatic carbocycles. The zero-order valence-electron chi connectivity index (χ0n) is 19.1. The molecule has 1 heterocycles. The van der Waals surface area contributed by atoms with Crippen LogP contribution < -0.4 is 15.4 Å². The van der Waals surface area contributed by atoms with Crippen molar-refractivity contribution < 1.29 is 19.1 Å². The molecular formula is C24H29BrN2O4S2. The highest BCUT2D eigenvalue weighted by molar-refractivity contribution is 9.10. The van der Waals surface area contributed by atoms with Crippen molar-refractivity contribution >= 4 is 61.5 Å². The third-order valence-electron chi connectivity index (χ3n) is 5.25. The Hall–Kier alpha value is -1.97. The maximum absolute atomic E-state index is 12.7. The van der Waals surface area contributed by atoms with Gasteiger partial charge in [0.1, 0.15) is 10.8 Å². The summed E-state index contributed by atoms with van der Waals surface area (Å²) in [6.45, 7) is 6.99. The van der Waals surface area contributed by atoms with Crippen LogP contribution in [0.5, 0.6) is 5.75 Å². The molecule has 2 N–H and O–H groups in total. The molecule has 1 aromatic carbocycles. The molecule has 0 atom stereocenters. The van der Waals surface area contributed by atoms with E-state index in [1.54, 1.807) is 25.1 Å². The minimum absolute atomic E-state index is 0.137. The Kier molecular flexibility index (Phi) is 9.28. The van der Waals surface area contributed by atoms with E-state index >= 15 is 0 Å². The molecule has 1 aromatic heterocycles. The molecule has 33 heavy (non-hydrogen) atoms. The first-order valence-corrected chi connectivity index (χ1v) is 13.2. The van der Waals surface area contributed by atoms with E-state index in [-0.39, 0.29) is 17.0 Å². The number of carbonyl (C=O) groups is 2. The second kappa shape index (κ2) is 11.9. The molecule has 3 rings (SSSR count). The first-order chi connectivity index (χ1) is 15.8. The number of ether oxygens (including phenoxy) is 2. The van der Waals surface area contributed by atoms with Crippen LogP contribution in [0.2, 0.25) is 0 Å². The minimum Gasteiger partial charge on any atom is -0.492 e. The van der Waals surface area contributed by atoms with Gasteiger partial charge in [-0.3, -0.25) is 10.1 Å². The van der Waals surface area contributed by atoms with Gasteiger partial charge in [0.05, 0.1) is 23.2 Å². The van der Waals surface area contributed by atoms with Crippen LogP contribution in [0.1, 0.15) is 71.2 Å². The maximum Gasteiger partial charge on any atom is 0.341 e. The summed E-state index contributed by atoms with van der Waals surface area (Å²) in [5.74, 6) is 0.545. The Morgan fingerprint density at radius 3 is 2.70 bits per heavy atom. The monoisotopic (exact) mass is 552 g/mol. The molecule has 2 aromatic rings. The zero-order chi connectivity index (χ0) is 24.0. The van der Waals surface area contributed by atoms with Crippen molar-refractivity contribution in [3.63, 3.8) is 0 Å². The fourth-order valence-corrected chi connectivity index (χ4v) is 5.58. The van der Waals surface area contributed by atoms with Crippen molar-refractivity contribution in [2.45, 2.75) is 52.9 Å². The van der Waals surface area contributed by atoms with Crippen molar-refractivity contribution in [3.05, 3.63) is 44.2 Å². The van der Waals surface area contributed by atoms with Gasteiger partial charge < -0.3 is 14.8 Å². The number of amides is 1. The number of aryl methyl sites for hydroxylation is 1. The lowest BCUT2D eigenvalue weighted by atomic mass is 9.95. The molecule has 1 amide bonds. The number of hydrogen-bond acceptors (Lipinski definition) is 6. The Morgan fingerprint density at radius 2 is 2.00 bits per heavy atom. The van der Waals surface area contributed by atoms with E-state index in [1.165, 1.54) is 16.2 Å². The van der Waals surface area contributed by atoms with Crippen molar-refractivity contribution in [1.29, 1.82) is 0 Å². The molecule has 178 valence electrons. The second-order valence-electron chi connectivity index (χ2n) is 8.22. The van der Waals surface area contributed by atoms with Crippen molar-refractivity contribution in [2.75, 3.05) is 18.5 Å². The molecular weight excluding hydrogens is 524 g/mol. The summed E-state index contributed by atoms with van der Waals surface area (Å²) >= 11 is 10.4. The number of carbonyl (C=O) groups excluding carboxylic acids is 2. The van der Waals surface area contributed by atoms with Crippen LogP contribution in [0.15, 0.2) is 22.7 Å². The molecule has 0 bridgehead atoms. The number of halogens is 1. The third-order valence-corrected chi connectivity index (χ3v) is 7.28. The molecule has 9 heteroatoms. The highest BCUT2D eigenvalue weighted by Crippen LogP contribution is 2.38. The van der Waals surface area contributed by atoms with E-state index in [9.17, 15) is 9.59 Å². The smallest absolute Gasteiger partial charge is 0.341 e. The molecule has 0 fully saturated rings. The summed E-state index contributed by atoms with van der Waals surface area (Å²) in [6.07, 6.45) is 4.88. The summed E-state index contributed by atoms with van der Waals surface area (Å²) < 4.78 is 11.8. The summed E-state index contributed by atoms with van der Waals surface area (Å²) in [5.41, 5.74) is 2.02. The van der Waals surface area contributed by atoms with Gasteiger partial charge >= 0.3 is 5.97 Å². The molecule has 0 spiro atoms. The van der Waals surface area contributed by atoms with Gasteiger partial charge in [0.2, 0.25) is 0 Å². The number of benzene rings is 1. The molecule has 1 aliphatic rings. The second-order valence-corrected chi connectivity index (χ2v) is 10.6. The average molecular weight is 554 g/mol. The average Bonchev–Trinajstić information content (AvgIpc) is 3.12. The quantitative estimate of drug-likeness (QED) is 0.303. The molecule has 0 saturated carbocycles. The predicted molar refractivity (Wildman–Crippen MR) is 140 cm³/mol. The van der Waals surface area contributed by atoms with Crippen LogP contribution in [-0.2, 0) is 17.6 Å². The number of esters is 1. The first-order valence-electron chi connectivity index (χ1n) is 11.2. The number of thiocarbonyl (C=S) groups is 1. The van der Waals surface area contributed by atoms with Crippen LogP contribution in [0, 0.1) is 5.92 Å². The van der Waals surface area contributed by atoms with Gasteiger partial charge in [-0.2, -0.15) is 0 Å². The molecule has 0 saturated heterocycles. The Bertz CT molecular complexity index is 1040. The summed E-state index contributed by atoms with van der Waals surface area (Å²) in [7, 11) is 0. The van der Waals surface area contributed by atoms with Crippen molar-refractivity contribution in [2.24, 2.45) is 5.92 Å². The fraction of sp³-hybridized carbons (Fsp3) is 0.458. The van der Waals surface area contributed by atoms with Crippen LogP contribution in [0.3, 0.4) is 0 Å². The highest BCUT2D eigenvalue weighted by atomic mass is 79.9. The first kappa shape index (κ1) is 25.6.